The van der Waals surface area contributed by atoms with Crippen molar-refractivity contribution in [1.82, 2.24) is 5.01 Å². The van der Waals surface area contributed by atoms with Gasteiger partial charge in [-0.3, -0.25) is 0 Å². The fourth-order valence-corrected chi connectivity index (χ4v) is 2.28. The maximum Gasteiger partial charge on any atom is 0.123 e. The molecule has 1 aromatic rings. The minimum Gasteiger partial charge on any atom is -0.306 e. The van der Waals surface area contributed by atoms with E-state index >= 15 is 0 Å². The van der Waals surface area contributed by atoms with E-state index in [1.807, 2.05) is 12.1 Å². The molecule has 1 heterocycles. The van der Waals surface area contributed by atoms with Crippen LogP contribution in [-0.4, -0.2) is 24.6 Å². The maximum atomic E-state index is 12.9. The molecule has 1 aliphatic rings. The van der Waals surface area contributed by atoms with E-state index in [1.165, 1.54) is 31.4 Å². The lowest BCUT2D eigenvalue weighted by atomic mass is 10.1. The van der Waals surface area contributed by atoms with Crippen LogP contribution in [0.25, 0.3) is 0 Å². The maximum absolute atomic E-state index is 12.9. The summed E-state index contributed by atoms with van der Waals surface area (Å²) in [6.45, 7) is 5.31. The number of hydrogen-bond acceptors (Lipinski definition) is 2. The Morgan fingerprint density at radius 1 is 1.12 bits per heavy atom. The zero-order valence-corrected chi connectivity index (χ0v) is 9.82. The average Bonchev–Trinajstić information content (AvgIpc) is 2.34. The van der Waals surface area contributed by atoms with Gasteiger partial charge in [0.2, 0.25) is 0 Å². The van der Waals surface area contributed by atoms with Crippen molar-refractivity contribution in [3.63, 3.8) is 0 Å². The van der Waals surface area contributed by atoms with E-state index in [0.29, 0.717) is 0 Å². The summed E-state index contributed by atoms with van der Waals surface area (Å²) in [5, 5.41) is 4.62. The van der Waals surface area contributed by atoms with Gasteiger partial charge in [-0.2, -0.15) is 0 Å². The van der Waals surface area contributed by atoms with Crippen molar-refractivity contribution in [3.8, 4) is 0 Å². The first-order chi connectivity index (χ1) is 7.81. The number of rotatable bonds is 3. The van der Waals surface area contributed by atoms with Gasteiger partial charge in [0, 0.05) is 19.6 Å². The third-order valence-electron chi connectivity index (χ3n) is 3.10. The Labute approximate surface area is 96.6 Å². The molecule has 1 saturated heterocycles. The molecule has 1 aromatic carbocycles. The van der Waals surface area contributed by atoms with E-state index in [-0.39, 0.29) is 5.82 Å². The summed E-state index contributed by atoms with van der Waals surface area (Å²) >= 11 is 0. The number of benzene rings is 1. The van der Waals surface area contributed by atoms with Crippen molar-refractivity contribution in [2.24, 2.45) is 0 Å². The second kappa shape index (κ2) is 5.30. The lowest BCUT2D eigenvalue weighted by Gasteiger charge is -2.38. The Kier molecular flexibility index (Phi) is 3.78. The SMILES string of the molecule is CCN(c1ccc(F)cc1)N1CCCCC1. The van der Waals surface area contributed by atoms with Gasteiger partial charge in [-0.15, -0.1) is 0 Å². The molecular formula is C13H19FN2. The number of nitrogens with zero attached hydrogens (tertiary/aromatic N) is 2. The Morgan fingerprint density at radius 2 is 1.75 bits per heavy atom. The van der Waals surface area contributed by atoms with Gasteiger partial charge in [-0.1, -0.05) is 6.42 Å². The highest BCUT2D eigenvalue weighted by Crippen LogP contribution is 2.20. The Bertz CT molecular complexity index is 317. The molecule has 0 spiro atoms. The molecule has 0 N–H and O–H groups in total. The number of halogens is 1. The fraction of sp³-hybridized carbons (Fsp3) is 0.538. The standard InChI is InChI=1S/C13H19FN2/c1-2-16(15-10-4-3-5-11-15)13-8-6-12(14)7-9-13/h6-9H,2-5,10-11H2,1H3. The van der Waals surface area contributed by atoms with Gasteiger partial charge in [-0.25, -0.2) is 9.40 Å². The van der Waals surface area contributed by atoms with E-state index in [2.05, 4.69) is 16.9 Å². The molecular weight excluding hydrogens is 203 g/mol. The first-order valence-electron chi connectivity index (χ1n) is 6.09. The topological polar surface area (TPSA) is 6.48 Å². The first kappa shape index (κ1) is 11.4. The second-order valence-electron chi connectivity index (χ2n) is 4.21. The van der Waals surface area contributed by atoms with Crippen LogP contribution < -0.4 is 5.01 Å². The van der Waals surface area contributed by atoms with Crippen LogP contribution in [0.3, 0.4) is 0 Å². The number of hydrazine groups is 1. The number of piperidine rings is 1. The Balaban J connectivity index is 2.11. The molecule has 0 radical (unpaired) electrons. The van der Waals surface area contributed by atoms with Gasteiger partial charge in [-0.05, 0) is 44.0 Å². The van der Waals surface area contributed by atoms with Crippen LogP contribution in [0, 0.1) is 5.82 Å². The predicted octanol–water partition coefficient (Wildman–Crippen LogP) is 3.05. The van der Waals surface area contributed by atoms with E-state index in [9.17, 15) is 4.39 Å². The molecule has 2 rings (SSSR count). The summed E-state index contributed by atoms with van der Waals surface area (Å²) < 4.78 is 12.9. The molecule has 3 heteroatoms. The van der Waals surface area contributed by atoms with Crippen molar-refractivity contribution in [1.29, 1.82) is 0 Å². The molecule has 0 saturated carbocycles. The van der Waals surface area contributed by atoms with Crippen LogP contribution in [0.2, 0.25) is 0 Å². The summed E-state index contributed by atoms with van der Waals surface area (Å²) in [6, 6.07) is 6.77. The lowest BCUT2D eigenvalue weighted by Crippen LogP contribution is -2.45. The first-order valence-corrected chi connectivity index (χ1v) is 6.09. The van der Waals surface area contributed by atoms with Crippen LogP contribution in [0.5, 0.6) is 0 Å². The van der Waals surface area contributed by atoms with E-state index in [1.54, 1.807) is 0 Å². The zero-order chi connectivity index (χ0) is 11.4. The van der Waals surface area contributed by atoms with Crippen molar-refractivity contribution >= 4 is 5.69 Å². The molecule has 0 bridgehead atoms. The summed E-state index contributed by atoms with van der Waals surface area (Å²) in [6.07, 6.45) is 3.85. The average molecular weight is 222 g/mol. The highest BCUT2D eigenvalue weighted by atomic mass is 19.1. The smallest absolute Gasteiger partial charge is 0.123 e. The third kappa shape index (κ3) is 2.53. The second-order valence-corrected chi connectivity index (χ2v) is 4.21. The highest BCUT2D eigenvalue weighted by molar-refractivity contribution is 5.45. The molecule has 2 nitrogen and oxygen atoms in total. The van der Waals surface area contributed by atoms with Gasteiger partial charge in [0.1, 0.15) is 5.82 Å². The van der Waals surface area contributed by atoms with Crippen molar-refractivity contribution in [3.05, 3.63) is 30.1 Å². The minimum absolute atomic E-state index is 0.168. The van der Waals surface area contributed by atoms with Crippen LogP contribution in [0.1, 0.15) is 26.2 Å². The van der Waals surface area contributed by atoms with Crippen LogP contribution in [0.4, 0.5) is 10.1 Å². The van der Waals surface area contributed by atoms with Crippen molar-refractivity contribution < 1.29 is 4.39 Å². The van der Waals surface area contributed by atoms with Gasteiger partial charge in [0.25, 0.3) is 0 Å². The summed E-state index contributed by atoms with van der Waals surface area (Å²) in [5.74, 6) is -0.168. The van der Waals surface area contributed by atoms with E-state index in [0.717, 1.165) is 25.3 Å². The van der Waals surface area contributed by atoms with Crippen LogP contribution >= 0.6 is 0 Å². The summed E-state index contributed by atoms with van der Waals surface area (Å²) in [4.78, 5) is 0. The normalized spacial score (nSPS) is 17.4. The van der Waals surface area contributed by atoms with Crippen LogP contribution in [0.15, 0.2) is 24.3 Å². The zero-order valence-electron chi connectivity index (χ0n) is 9.82. The molecule has 0 atom stereocenters. The molecule has 0 aromatic heterocycles. The van der Waals surface area contributed by atoms with Crippen molar-refractivity contribution in [2.45, 2.75) is 26.2 Å². The van der Waals surface area contributed by atoms with Gasteiger partial charge in [0.05, 0.1) is 5.69 Å². The number of anilines is 1. The molecule has 0 aliphatic carbocycles. The highest BCUT2D eigenvalue weighted by Gasteiger charge is 2.16. The van der Waals surface area contributed by atoms with Crippen LogP contribution in [-0.2, 0) is 0 Å². The van der Waals surface area contributed by atoms with Gasteiger partial charge >= 0.3 is 0 Å². The lowest BCUT2D eigenvalue weighted by molar-refractivity contribution is 0.210. The quantitative estimate of drug-likeness (QED) is 0.775. The van der Waals surface area contributed by atoms with E-state index < -0.39 is 0 Å². The summed E-state index contributed by atoms with van der Waals surface area (Å²) in [5.41, 5.74) is 1.09. The molecule has 1 fully saturated rings. The summed E-state index contributed by atoms with van der Waals surface area (Å²) in [7, 11) is 0. The Morgan fingerprint density at radius 3 is 2.31 bits per heavy atom. The predicted molar refractivity (Wildman–Crippen MR) is 64.8 cm³/mol. The molecule has 1 aliphatic heterocycles. The third-order valence-corrected chi connectivity index (χ3v) is 3.10. The largest absolute Gasteiger partial charge is 0.306 e. The minimum atomic E-state index is -0.168. The number of hydrogen-bond donors (Lipinski definition) is 0. The van der Waals surface area contributed by atoms with Gasteiger partial charge < -0.3 is 5.01 Å². The van der Waals surface area contributed by atoms with Gasteiger partial charge in [0.15, 0.2) is 0 Å². The monoisotopic (exact) mass is 222 g/mol. The molecule has 0 amide bonds. The Hall–Kier alpha value is -1.09. The van der Waals surface area contributed by atoms with Crippen molar-refractivity contribution in [2.75, 3.05) is 24.6 Å². The molecule has 88 valence electrons. The molecule has 16 heavy (non-hydrogen) atoms. The van der Waals surface area contributed by atoms with E-state index in [4.69, 9.17) is 0 Å². The fourth-order valence-electron chi connectivity index (χ4n) is 2.28. The molecule has 0 unspecified atom stereocenters.